The molecule has 9 heteroatoms. The van der Waals surface area contributed by atoms with Crippen molar-refractivity contribution < 1.29 is 38.5 Å². The average Bonchev–Trinajstić information content (AvgIpc) is 2.91. The minimum atomic E-state index is -0.910. The molecule has 1 fully saturated rings. The van der Waals surface area contributed by atoms with Gasteiger partial charge in [-0.1, -0.05) is 24.3 Å². The highest BCUT2D eigenvalue weighted by Gasteiger charge is 2.34. The highest BCUT2D eigenvalue weighted by Crippen LogP contribution is 2.43. The van der Waals surface area contributed by atoms with Crippen LogP contribution in [-0.2, 0) is 16.0 Å². The zero-order valence-electron chi connectivity index (χ0n) is 23.1. The zero-order chi connectivity index (χ0) is 29.5. The van der Waals surface area contributed by atoms with Gasteiger partial charge in [-0.25, -0.2) is 4.39 Å². The van der Waals surface area contributed by atoms with Gasteiger partial charge in [-0.2, -0.15) is 0 Å². The normalized spacial score (nSPS) is 16.0. The van der Waals surface area contributed by atoms with Crippen molar-refractivity contribution in [2.45, 2.75) is 50.5 Å². The Hall–Kier alpha value is -4.40. The molecule has 0 aromatic heterocycles. The largest absolute Gasteiger partial charge is 0.493 e. The first-order valence-electron chi connectivity index (χ1n) is 13.6. The van der Waals surface area contributed by atoms with E-state index in [1.807, 2.05) is 12.1 Å². The van der Waals surface area contributed by atoms with Crippen LogP contribution < -0.4 is 9.47 Å². The molecule has 0 radical (unpaired) electrons. The molecule has 0 heterocycles. The maximum Gasteiger partial charge on any atom is 0.303 e. The minimum Gasteiger partial charge on any atom is -0.493 e. The molecular formula is C32H34FNO7. The Morgan fingerprint density at radius 2 is 1.66 bits per heavy atom. The summed E-state index contributed by atoms with van der Waals surface area (Å²) < 4.78 is 26.1. The monoisotopic (exact) mass is 563 g/mol. The number of carboxylic acids is 2. The van der Waals surface area contributed by atoms with Crippen LogP contribution in [0.2, 0.25) is 0 Å². The predicted octanol–water partition coefficient (Wildman–Crippen LogP) is 5.78. The van der Waals surface area contributed by atoms with E-state index in [4.69, 9.17) is 14.6 Å². The zero-order valence-corrected chi connectivity index (χ0v) is 23.1. The molecule has 8 nitrogen and oxygen atoms in total. The third-order valence-electron chi connectivity index (χ3n) is 7.11. The lowest BCUT2D eigenvalue weighted by molar-refractivity contribution is -0.138. The highest BCUT2D eigenvalue weighted by molar-refractivity contribution is 5.95. The fraction of sp³-hybridized carbons (Fsp3) is 0.344. The molecule has 4 rings (SSSR count). The van der Waals surface area contributed by atoms with Crippen molar-refractivity contribution in [1.82, 2.24) is 4.90 Å². The number of carbonyl (C=O) groups is 3. The lowest BCUT2D eigenvalue weighted by Gasteiger charge is -2.37. The van der Waals surface area contributed by atoms with Crippen molar-refractivity contribution >= 4 is 17.8 Å². The van der Waals surface area contributed by atoms with Gasteiger partial charge in [0, 0.05) is 32.5 Å². The van der Waals surface area contributed by atoms with E-state index in [0.29, 0.717) is 53.9 Å². The van der Waals surface area contributed by atoms with Gasteiger partial charge in [0.05, 0.1) is 12.7 Å². The second-order valence-electron chi connectivity index (χ2n) is 10.4. The third kappa shape index (κ3) is 7.84. The van der Waals surface area contributed by atoms with E-state index in [0.717, 1.165) is 11.1 Å². The maximum atomic E-state index is 13.9. The number of halogens is 1. The number of nitrogens with zero attached hydrogens (tertiary/aromatic N) is 1. The summed E-state index contributed by atoms with van der Waals surface area (Å²) in [6, 6.07) is 17.0. The molecule has 0 saturated heterocycles. The number of rotatable bonds is 13. The number of hydrogen-bond acceptors (Lipinski definition) is 5. The Balaban J connectivity index is 1.51. The number of amides is 1. The van der Waals surface area contributed by atoms with E-state index in [9.17, 15) is 23.9 Å². The second kappa shape index (κ2) is 13.3. The van der Waals surface area contributed by atoms with Crippen LogP contribution in [0.4, 0.5) is 4.39 Å². The molecule has 1 aliphatic rings. The summed E-state index contributed by atoms with van der Waals surface area (Å²) in [5.41, 5.74) is 3.57. The first-order chi connectivity index (χ1) is 19.6. The molecule has 2 N–H and O–H groups in total. The summed E-state index contributed by atoms with van der Waals surface area (Å²) >= 11 is 0. The standard InChI is InChI=1S/C32H34FNO7/c1-34(2)32(39)23-14-21(20-6-3-7-24(33)15-20)16-25(19-23)41-26-17-22(18-26)27-8-4-9-29(28(27)11-12-31(37)38)40-13-5-10-30(35)36/h3-4,6-9,14-16,19,22,26H,5,10-13,17-18H2,1-2H3,(H,35,36)(H,37,38). The van der Waals surface area contributed by atoms with Crippen LogP contribution in [0, 0.1) is 5.82 Å². The van der Waals surface area contributed by atoms with Gasteiger partial charge in [-0.05, 0) is 90.3 Å². The van der Waals surface area contributed by atoms with Crippen molar-refractivity contribution in [3.05, 3.63) is 83.2 Å². The van der Waals surface area contributed by atoms with Gasteiger partial charge >= 0.3 is 11.9 Å². The number of benzene rings is 3. The predicted molar refractivity (Wildman–Crippen MR) is 151 cm³/mol. The molecule has 3 aromatic carbocycles. The van der Waals surface area contributed by atoms with Crippen LogP contribution in [0.5, 0.6) is 11.5 Å². The van der Waals surface area contributed by atoms with Crippen molar-refractivity contribution in [2.75, 3.05) is 20.7 Å². The van der Waals surface area contributed by atoms with Gasteiger partial charge in [-0.15, -0.1) is 0 Å². The summed E-state index contributed by atoms with van der Waals surface area (Å²) in [6.45, 7) is 0.224. The molecule has 0 atom stereocenters. The number of aliphatic carboxylic acids is 2. The van der Waals surface area contributed by atoms with Gasteiger partial charge in [-0.3, -0.25) is 14.4 Å². The van der Waals surface area contributed by atoms with Gasteiger partial charge in [0.25, 0.3) is 5.91 Å². The van der Waals surface area contributed by atoms with E-state index >= 15 is 0 Å². The Kier molecular flexibility index (Phi) is 9.60. The lowest BCUT2D eigenvalue weighted by atomic mass is 9.75. The van der Waals surface area contributed by atoms with Crippen molar-refractivity contribution in [3.63, 3.8) is 0 Å². The van der Waals surface area contributed by atoms with Crippen LogP contribution in [0.25, 0.3) is 11.1 Å². The molecule has 0 unspecified atom stereocenters. The van der Waals surface area contributed by atoms with Crippen molar-refractivity contribution in [2.24, 2.45) is 0 Å². The van der Waals surface area contributed by atoms with Gasteiger partial charge < -0.3 is 24.6 Å². The summed E-state index contributed by atoms with van der Waals surface area (Å²) in [5, 5.41) is 18.2. The van der Waals surface area contributed by atoms with E-state index in [-0.39, 0.29) is 43.2 Å². The molecule has 0 aliphatic heterocycles. The van der Waals surface area contributed by atoms with Crippen LogP contribution in [-0.4, -0.2) is 59.8 Å². The number of carbonyl (C=O) groups excluding carboxylic acids is 1. The first-order valence-corrected chi connectivity index (χ1v) is 13.6. The number of carboxylic acid groups (broad SMARTS) is 2. The maximum absolute atomic E-state index is 13.9. The minimum absolute atomic E-state index is 0.00589. The van der Waals surface area contributed by atoms with E-state index in [1.54, 1.807) is 50.5 Å². The fourth-order valence-electron chi connectivity index (χ4n) is 5.00. The molecule has 216 valence electrons. The van der Waals surface area contributed by atoms with E-state index < -0.39 is 11.9 Å². The summed E-state index contributed by atoms with van der Waals surface area (Å²) in [6.07, 6.45) is 1.83. The molecule has 1 amide bonds. The topological polar surface area (TPSA) is 113 Å². The lowest BCUT2D eigenvalue weighted by Crippen LogP contribution is -2.33. The Morgan fingerprint density at radius 3 is 2.34 bits per heavy atom. The SMILES string of the molecule is CN(C)C(=O)c1cc(OC2CC(c3cccc(OCCCC(=O)O)c3CCC(=O)O)C2)cc(-c2cccc(F)c2)c1. The smallest absolute Gasteiger partial charge is 0.303 e. The second-order valence-corrected chi connectivity index (χ2v) is 10.4. The molecule has 1 aliphatic carbocycles. The van der Waals surface area contributed by atoms with Crippen LogP contribution >= 0.6 is 0 Å². The molecule has 3 aromatic rings. The van der Waals surface area contributed by atoms with E-state index in [1.165, 1.54) is 17.0 Å². The van der Waals surface area contributed by atoms with Crippen molar-refractivity contribution in [3.8, 4) is 22.6 Å². The Bertz CT molecular complexity index is 1410. The molecule has 41 heavy (non-hydrogen) atoms. The van der Waals surface area contributed by atoms with Crippen molar-refractivity contribution in [1.29, 1.82) is 0 Å². The third-order valence-corrected chi connectivity index (χ3v) is 7.11. The first kappa shape index (κ1) is 29.6. The Morgan fingerprint density at radius 1 is 0.927 bits per heavy atom. The Labute approximate surface area is 238 Å². The molecule has 0 bridgehead atoms. The van der Waals surface area contributed by atoms with E-state index in [2.05, 4.69) is 0 Å². The highest BCUT2D eigenvalue weighted by atomic mass is 19.1. The quantitative estimate of drug-likeness (QED) is 0.254. The van der Waals surface area contributed by atoms with Gasteiger partial charge in [0.2, 0.25) is 0 Å². The number of hydrogen-bond donors (Lipinski definition) is 2. The van der Waals surface area contributed by atoms with Gasteiger partial charge in [0.1, 0.15) is 17.3 Å². The van der Waals surface area contributed by atoms with Crippen LogP contribution in [0.3, 0.4) is 0 Å². The molecule has 1 saturated carbocycles. The average molecular weight is 564 g/mol. The van der Waals surface area contributed by atoms with Crippen LogP contribution in [0.1, 0.15) is 59.5 Å². The fourth-order valence-corrected chi connectivity index (χ4v) is 5.00. The summed E-state index contributed by atoms with van der Waals surface area (Å²) in [7, 11) is 3.33. The van der Waals surface area contributed by atoms with Gasteiger partial charge in [0.15, 0.2) is 0 Å². The molecule has 0 spiro atoms. The molecular weight excluding hydrogens is 529 g/mol. The van der Waals surface area contributed by atoms with Crippen LogP contribution in [0.15, 0.2) is 60.7 Å². The summed E-state index contributed by atoms with van der Waals surface area (Å²) in [5.74, 6) is -1.15. The number of ether oxygens (including phenoxy) is 2. The summed E-state index contributed by atoms with van der Waals surface area (Å²) in [4.78, 5) is 36.4.